The molecule has 3 rings (SSSR count). The number of esters is 1. The third kappa shape index (κ3) is 5.47. The van der Waals surface area contributed by atoms with Gasteiger partial charge in [-0.3, -0.25) is 14.9 Å². The molecule has 1 atom stereocenters. The predicted molar refractivity (Wildman–Crippen MR) is 120 cm³/mol. The Kier molecular flexibility index (Phi) is 7.37. The van der Waals surface area contributed by atoms with Gasteiger partial charge in [-0.2, -0.15) is 0 Å². The van der Waals surface area contributed by atoms with E-state index in [1.54, 1.807) is 54.9 Å². The van der Waals surface area contributed by atoms with Gasteiger partial charge in [0.1, 0.15) is 5.03 Å². The van der Waals surface area contributed by atoms with Crippen LogP contribution in [0.25, 0.3) is 0 Å². The summed E-state index contributed by atoms with van der Waals surface area (Å²) in [6.45, 7) is 0. The fourth-order valence-corrected chi connectivity index (χ4v) is 3.70. The van der Waals surface area contributed by atoms with E-state index < -0.39 is 22.9 Å². The lowest BCUT2D eigenvalue weighted by molar-refractivity contribution is -0.384. The summed E-state index contributed by atoms with van der Waals surface area (Å²) in [7, 11) is 0. The molecule has 10 heteroatoms. The number of ether oxygens (including phenoxy) is 1. The highest BCUT2D eigenvalue weighted by Gasteiger charge is 2.27. The van der Waals surface area contributed by atoms with Crippen molar-refractivity contribution in [3.8, 4) is 0 Å². The van der Waals surface area contributed by atoms with Crippen molar-refractivity contribution in [2.45, 2.75) is 11.1 Å². The van der Waals surface area contributed by atoms with Gasteiger partial charge in [0.15, 0.2) is 0 Å². The second kappa shape index (κ2) is 10.2. The Morgan fingerprint density at radius 1 is 1.16 bits per heavy atom. The summed E-state index contributed by atoms with van der Waals surface area (Å²) in [5, 5.41) is 14.1. The van der Waals surface area contributed by atoms with E-state index in [4.69, 9.17) is 4.74 Å². The number of thioether (sulfide) groups is 1. The average Bonchev–Trinajstić information content (AvgIpc) is 2.78. The number of halogens is 1. The lowest BCUT2D eigenvalue weighted by Gasteiger charge is -2.19. The number of hydrogen-bond acceptors (Lipinski definition) is 7. The van der Waals surface area contributed by atoms with Crippen LogP contribution in [0.5, 0.6) is 0 Å². The summed E-state index contributed by atoms with van der Waals surface area (Å²) in [6, 6.07) is 15.7. The lowest BCUT2D eigenvalue weighted by Crippen LogP contribution is -2.26. The Bertz CT molecular complexity index is 1130. The van der Waals surface area contributed by atoms with Crippen molar-refractivity contribution >= 4 is 50.9 Å². The number of nitrogens with zero attached hydrogens (tertiary/aromatic N) is 2. The van der Waals surface area contributed by atoms with Gasteiger partial charge in [0.25, 0.3) is 11.6 Å². The Morgan fingerprint density at radius 3 is 2.55 bits per heavy atom. The summed E-state index contributed by atoms with van der Waals surface area (Å²) >= 11 is 4.51. The molecule has 1 amide bonds. The number of amides is 1. The molecule has 3 aromatic rings. The topological polar surface area (TPSA) is 111 Å². The molecular formula is C21H16BrN3O5S. The molecule has 0 aliphatic heterocycles. The zero-order chi connectivity index (χ0) is 22.4. The normalized spacial score (nSPS) is 11.4. The van der Waals surface area contributed by atoms with Crippen molar-refractivity contribution in [3.63, 3.8) is 0 Å². The Hall–Kier alpha value is -3.24. The van der Waals surface area contributed by atoms with Crippen molar-refractivity contribution in [2.24, 2.45) is 0 Å². The first kappa shape index (κ1) is 22.4. The quantitative estimate of drug-likeness (QED) is 0.209. The molecule has 2 aromatic carbocycles. The number of nitro benzene ring substituents is 1. The first-order chi connectivity index (χ1) is 14.9. The van der Waals surface area contributed by atoms with Gasteiger partial charge in [-0.05, 0) is 40.4 Å². The van der Waals surface area contributed by atoms with Crippen LogP contribution in [0.3, 0.4) is 0 Å². The van der Waals surface area contributed by atoms with Gasteiger partial charge in [-0.25, -0.2) is 9.78 Å². The summed E-state index contributed by atoms with van der Waals surface area (Å²) < 4.78 is 5.90. The summed E-state index contributed by atoms with van der Waals surface area (Å²) in [4.78, 5) is 40.4. The molecule has 31 heavy (non-hydrogen) atoms. The van der Waals surface area contributed by atoms with Gasteiger partial charge < -0.3 is 10.1 Å². The van der Waals surface area contributed by atoms with E-state index in [-0.39, 0.29) is 11.3 Å². The Morgan fingerprint density at radius 2 is 1.90 bits per heavy atom. The van der Waals surface area contributed by atoms with Crippen LogP contribution in [-0.2, 0) is 9.53 Å². The van der Waals surface area contributed by atoms with E-state index in [0.717, 1.165) is 0 Å². The van der Waals surface area contributed by atoms with Crippen molar-refractivity contribution in [1.82, 2.24) is 4.98 Å². The van der Waals surface area contributed by atoms with E-state index in [1.165, 1.54) is 30.0 Å². The monoisotopic (exact) mass is 501 g/mol. The third-order valence-electron chi connectivity index (χ3n) is 4.17. The second-order valence-electron chi connectivity index (χ2n) is 6.17. The number of hydrogen-bond donors (Lipinski definition) is 1. The number of aromatic nitrogens is 1. The SMILES string of the molecule is CSc1ncccc1C(=O)O[C@@H](C(=O)Nc1ccc([N+](=O)[O-])cc1Br)c1ccccc1. The molecule has 0 aliphatic rings. The van der Waals surface area contributed by atoms with Crippen LogP contribution in [0.1, 0.15) is 22.0 Å². The molecule has 0 unspecified atom stereocenters. The van der Waals surface area contributed by atoms with Gasteiger partial charge in [0, 0.05) is 28.4 Å². The van der Waals surface area contributed by atoms with Crippen molar-refractivity contribution in [1.29, 1.82) is 0 Å². The van der Waals surface area contributed by atoms with Crippen LogP contribution in [0.15, 0.2) is 76.4 Å². The Balaban J connectivity index is 1.88. The molecule has 0 saturated carbocycles. The van der Waals surface area contributed by atoms with Crippen LogP contribution in [0.4, 0.5) is 11.4 Å². The fraction of sp³-hybridized carbons (Fsp3) is 0.0952. The van der Waals surface area contributed by atoms with E-state index in [2.05, 4.69) is 26.2 Å². The zero-order valence-corrected chi connectivity index (χ0v) is 18.6. The molecule has 1 heterocycles. The van der Waals surface area contributed by atoms with Gasteiger partial charge in [0.05, 0.1) is 16.2 Å². The minimum atomic E-state index is -1.24. The van der Waals surface area contributed by atoms with Crippen molar-refractivity contribution in [3.05, 3.63) is 92.6 Å². The van der Waals surface area contributed by atoms with E-state index in [9.17, 15) is 19.7 Å². The number of carbonyl (C=O) groups is 2. The summed E-state index contributed by atoms with van der Waals surface area (Å²) in [6.07, 6.45) is 2.11. The summed E-state index contributed by atoms with van der Waals surface area (Å²) in [5.41, 5.74) is 0.900. The van der Waals surface area contributed by atoms with Crippen molar-refractivity contribution in [2.75, 3.05) is 11.6 Å². The molecule has 1 aromatic heterocycles. The molecule has 0 spiro atoms. The maximum Gasteiger partial charge on any atom is 0.342 e. The van der Waals surface area contributed by atoms with E-state index in [1.807, 2.05) is 0 Å². The summed E-state index contributed by atoms with van der Waals surface area (Å²) in [5.74, 6) is -1.30. The fourth-order valence-electron chi connectivity index (χ4n) is 2.70. The number of rotatable bonds is 7. The minimum absolute atomic E-state index is 0.128. The third-order valence-corrected chi connectivity index (χ3v) is 5.54. The highest BCUT2D eigenvalue weighted by atomic mass is 79.9. The van der Waals surface area contributed by atoms with Crippen LogP contribution in [0.2, 0.25) is 0 Å². The standard InChI is InChI=1S/C21H16BrN3O5S/c1-31-20-15(8-5-11-23-20)21(27)30-18(13-6-3-2-4-7-13)19(26)24-17-10-9-14(25(28)29)12-16(17)22/h2-12,18H,1H3,(H,24,26)/t18-/m1/s1. The number of carbonyl (C=O) groups excluding carboxylic acids is 2. The molecule has 8 nitrogen and oxygen atoms in total. The lowest BCUT2D eigenvalue weighted by atomic mass is 10.1. The highest BCUT2D eigenvalue weighted by molar-refractivity contribution is 9.10. The van der Waals surface area contributed by atoms with E-state index >= 15 is 0 Å². The molecule has 0 radical (unpaired) electrons. The highest BCUT2D eigenvalue weighted by Crippen LogP contribution is 2.29. The average molecular weight is 502 g/mol. The predicted octanol–water partition coefficient (Wildman–Crippen LogP) is 5.01. The molecule has 0 fully saturated rings. The number of non-ortho nitro benzene ring substituents is 1. The molecule has 0 aliphatic carbocycles. The van der Waals surface area contributed by atoms with Gasteiger partial charge in [-0.15, -0.1) is 11.8 Å². The van der Waals surface area contributed by atoms with Gasteiger partial charge in [0.2, 0.25) is 6.10 Å². The molecule has 158 valence electrons. The maximum atomic E-state index is 13.0. The number of pyridine rings is 1. The molecule has 0 saturated heterocycles. The Labute approximate surface area is 190 Å². The minimum Gasteiger partial charge on any atom is -0.444 e. The van der Waals surface area contributed by atoms with Crippen LogP contribution in [0, 0.1) is 10.1 Å². The van der Waals surface area contributed by atoms with Crippen molar-refractivity contribution < 1.29 is 19.2 Å². The van der Waals surface area contributed by atoms with Crippen LogP contribution >= 0.6 is 27.7 Å². The maximum absolute atomic E-state index is 13.0. The molecule has 1 N–H and O–H groups in total. The number of nitro groups is 1. The molecular weight excluding hydrogens is 486 g/mol. The first-order valence-corrected chi connectivity index (χ1v) is 10.9. The largest absolute Gasteiger partial charge is 0.444 e. The number of nitrogens with one attached hydrogen (secondary N) is 1. The zero-order valence-electron chi connectivity index (χ0n) is 16.2. The van der Waals surface area contributed by atoms with Crippen LogP contribution < -0.4 is 5.32 Å². The first-order valence-electron chi connectivity index (χ1n) is 8.90. The van der Waals surface area contributed by atoms with Gasteiger partial charge >= 0.3 is 5.97 Å². The number of benzene rings is 2. The van der Waals surface area contributed by atoms with E-state index in [0.29, 0.717) is 20.7 Å². The van der Waals surface area contributed by atoms with Crippen LogP contribution in [-0.4, -0.2) is 28.0 Å². The smallest absolute Gasteiger partial charge is 0.342 e. The number of anilines is 1. The molecule has 0 bridgehead atoms. The second-order valence-corrected chi connectivity index (χ2v) is 7.82. The van der Waals surface area contributed by atoms with Gasteiger partial charge in [-0.1, -0.05) is 30.3 Å².